The molecule has 0 aliphatic carbocycles. The molecule has 0 bridgehead atoms. The Bertz CT molecular complexity index is 988. The Morgan fingerprint density at radius 2 is 1.96 bits per heavy atom. The molecule has 1 aromatic carbocycles. The van der Waals surface area contributed by atoms with E-state index in [1.807, 2.05) is 40.7 Å². The van der Waals surface area contributed by atoms with Crippen LogP contribution in [0.1, 0.15) is 38.3 Å². The zero-order valence-electron chi connectivity index (χ0n) is 16.8. The Labute approximate surface area is 164 Å². The highest BCUT2D eigenvalue weighted by atomic mass is 32.1. The van der Waals surface area contributed by atoms with Gasteiger partial charge >= 0.3 is 6.09 Å². The van der Waals surface area contributed by atoms with Crippen molar-refractivity contribution in [2.75, 3.05) is 11.9 Å². The van der Waals surface area contributed by atoms with Crippen molar-refractivity contribution >= 4 is 44.1 Å². The van der Waals surface area contributed by atoms with Crippen LogP contribution in [0.4, 0.5) is 10.5 Å². The molecule has 6 heteroatoms. The molecule has 3 aromatic rings. The van der Waals surface area contributed by atoms with Gasteiger partial charge < -0.3 is 15.4 Å². The van der Waals surface area contributed by atoms with Gasteiger partial charge in [0.05, 0.1) is 11.2 Å². The van der Waals surface area contributed by atoms with Gasteiger partial charge in [-0.3, -0.25) is 4.98 Å². The molecule has 0 saturated heterocycles. The first-order chi connectivity index (χ1) is 12.6. The third-order valence-electron chi connectivity index (χ3n) is 4.19. The number of thiophene rings is 1. The first kappa shape index (κ1) is 19.4. The Morgan fingerprint density at radius 3 is 2.67 bits per heavy atom. The van der Waals surface area contributed by atoms with E-state index in [0.29, 0.717) is 6.54 Å². The smallest absolute Gasteiger partial charge is 0.407 e. The van der Waals surface area contributed by atoms with Crippen LogP contribution in [0.5, 0.6) is 0 Å². The van der Waals surface area contributed by atoms with Crippen LogP contribution in [0.15, 0.2) is 24.3 Å². The second-order valence-electron chi connectivity index (χ2n) is 7.92. The second-order valence-corrected chi connectivity index (χ2v) is 9.18. The maximum Gasteiger partial charge on any atom is 0.407 e. The topological polar surface area (TPSA) is 63.2 Å². The molecule has 0 saturated carbocycles. The Balaban J connectivity index is 1.80. The Morgan fingerprint density at radius 1 is 1.22 bits per heavy atom. The Kier molecular flexibility index (Phi) is 5.29. The van der Waals surface area contributed by atoms with Gasteiger partial charge in [-0.05, 0) is 59.7 Å². The van der Waals surface area contributed by atoms with Gasteiger partial charge in [-0.15, -0.1) is 11.3 Å². The number of pyridine rings is 1. The van der Waals surface area contributed by atoms with Crippen LogP contribution < -0.4 is 10.6 Å². The summed E-state index contributed by atoms with van der Waals surface area (Å²) in [5.74, 6) is 0. The van der Waals surface area contributed by atoms with Crippen LogP contribution in [0.3, 0.4) is 0 Å². The van der Waals surface area contributed by atoms with Gasteiger partial charge in [0.1, 0.15) is 5.60 Å². The summed E-state index contributed by atoms with van der Waals surface area (Å²) in [6.45, 7) is 12.3. The van der Waals surface area contributed by atoms with Crippen molar-refractivity contribution in [1.29, 1.82) is 0 Å². The van der Waals surface area contributed by atoms with Gasteiger partial charge in [0.25, 0.3) is 0 Å². The Hall–Kier alpha value is -2.34. The highest BCUT2D eigenvalue weighted by molar-refractivity contribution is 7.19. The number of hydrogen-bond acceptors (Lipinski definition) is 5. The van der Waals surface area contributed by atoms with Crippen LogP contribution in [-0.2, 0) is 4.74 Å². The van der Waals surface area contributed by atoms with E-state index in [2.05, 4.69) is 40.7 Å². The van der Waals surface area contributed by atoms with Crippen LogP contribution in [0, 0.1) is 13.8 Å². The van der Waals surface area contributed by atoms with E-state index >= 15 is 0 Å². The van der Waals surface area contributed by atoms with Crippen molar-refractivity contribution in [3.63, 3.8) is 0 Å². The van der Waals surface area contributed by atoms with Crippen molar-refractivity contribution in [2.24, 2.45) is 0 Å². The van der Waals surface area contributed by atoms with Crippen molar-refractivity contribution in [2.45, 2.75) is 53.2 Å². The van der Waals surface area contributed by atoms with E-state index in [-0.39, 0.29) is 6.04 Å². The minimum Gasteiger partial charge on any atom is -0.444 e. The monoisotopic (exact) mass is 385 g/mol. The number of carbonyl (C=O) groups is 1. The highest BCUT2D eigenvalue weighted by Crippen LogP contribution is 2.39. The van der Waals surface area contributed by atoms with Crippen molar-refractivity contribution in [3.8, 4) is 0 Å². The molecule has 0 radical (unpaired) electrons. The summed E-state index contributed by atoms with van der Waals surface area (Å²) in [5.41, 5.74) is 2.63. The van der Waals surface area contributed by atoms with Crippen LogP contribution in [0.2, 0.25) is 0 Å². The zero-order valence-corrected chi connectivity index (χ0v) is 17.6. The lowest BCUT2D eigenvalue weighted by atomic mass is 10.1. The molecule has 0 unspecified atom stereocenters. The quantitative estimate of drug-likeness (QED) is 0.632. The maximum atomic E-state index is 11.9. The number of ether oxygens (including phenoxy) is 1. The summed E-state index contributed by atoms with van der Waals surface area (Å²) in [6, 6.07) is 8.33. The van der Waals surface area contributed by atoms with Crippen molar-refractivity contribution < 1.29 is 9.53 Å². The number of fused-ring (bicyclic) bond motifs is 3. The normalized spacial score (nSPS) is 13.0. The molecule has 0 aliphatic rings. The number of aryl methyl sites for hydroxylation is 2. The second kappa shape index (κ2) is 7.35. The van der Waals surface area contributed by atoms with E-state index in [1.165, 1.54) is 15.0 Å². The van der Waals surface area contributed by atoms with Gasteiger partial charge in [-0.1, -0.05) is 6.07 Å². The average Bonchev–Trinajstić information content (AvgIpc) is 2.86. The average molecular weight is 386 g/mol. The number of rotatable bonds is 4. The molecule has 144 valence electrons. The molecular formula is C21H27N3O2S. The summed E-state index contributed by atoms with van der Waals surface area (Å²) in [4.78, 5) is 17.8. The van der Waals surface area contributed by atoms with E-state index < -0.39 is 11.7 Å². The molecule has 3 rings (SSSR count). The standard InChI is InChI=1S/C21H27N3O2S/c1-12-7-8-15-16(23-12)9-10-17-18(15)19(14(3)27-17)22-11-13(2)24-20(25)26-21(4,5)6/h7-10,13,22H,11H2,1-6H3,(H,24,25)/t13-/m0/s1. The molecule has 2 N–H and O–H groups in total. The molecule has 0 fully saturated rings. The number of hydrogen-bond donors (Lipinski definition) is 2. The lowest BCUT2D eigenvalue weighted by molar-refractivity contribution is 0.0511. The summed E-state index contributed by atoms with van der Waals surface area (Å²) < 4.78 is 6.56. The third kappa shape index (κ3) is 4.50. The first-order valence-corrected chi connectivity index (χ1v) is 9.98. The molecule has 1 atom stereocenters. The van der Waals surface area contributed by atoms with Crippen LogP contribution in [0.25, 0.3) is 21.0 Å². The fourth-order valence-corrected chi connectivity index (χ4v) is 4.10. The van der Waals surface area contributed by atoms with Gasteiger partial charge in [0.15, 0.2) is 0 Å². The molecular weight excluding hydrogens is 358 g/mol. The molecule has 1 amide bonds. The van der Waals surface area contributed by atoms with Gasteiger partial charge in [-0.2, -0.15) is 0 Å². The molecule has 5 nitrogen and oxygen atoms in total. The number of carbonyl (C=O) groups excluding carboxylic acids is 1. The SMILES string of the molecule is Cc1ccc2c(ccc3sc(C)c(NC[C@H](C)NC(=O)OC(C)(C)C)c32)n1. The fraction of sp³-hybridized carbons (Fsp3) is 0.429. The predicted octanol–water partition coefficient (Wildman–Crippen LogP) is 5.39. The number of nitrogens with one attached hydrogen (secondary N) is 2. The lowest BCUT2D eigenvalue weighted by Crippen LogP contribution is -2.40. The number of anilines is 1. The van der Waals surface area contributed by atoms with E-state index in [1.54, 1.807) is 11.3 Å². The van der Waals surface area contributed by atoms with Crippen LogP contribution >= 0.6 is 11.3 Å². The maximum absolute atomic E-state index is 11.9. The van der Waals surface area contributed by atoms with E-state index in [0.717, 1.165) is 22.3 Å². The molecule has 0 aliphatic heterocycles. The minimum absolute atomic E-state index is 0.0652. The number of alkyl carbamates (subject to hydrolysis) is 1. The lowest BCUT2D eigenvalue weighted by Gasteiger charge is -2.22. The fourth-order valence-electron chi connectivity index (χ4n) is 3.05. The summed E-state index contributed by atoms with van der Waals surface area (Å²) in [7, 11) is 0. The summed E-state index contributed by atoms with van der Waals surface area (Å²) in [5, 5.41) is 8.75. The van der Waals surface area contributed by atoms with Crippen molar-refractivity contribution in [1.82, 2.24) is 10.3 Å². The number of nitrogens with zero attached hydrogens (tertiary/aromatic N) is 1. The molecule has 2 heterocycles. The molecule has 27 heavy (non-hydrogen) atoms. The van der Waals surface area contributed by atoms with Gasteiger partial charge in [0, 0.05) is 38.6 Å². The summed E-state index contributed by atoms with van der Waals surface area (Å²) >= 11 is 1.77. The number of benzene rings is 1. The predicted molar refractivity (Wildman–Crippen MR) is 114 cm³/mol. The number of aromatic nitrogens is 1. The minimum atomic E-state index is -0.499. The summed E-state index contributed by atoms with van der Waals surface area (Å²) in [6.07, 6.45) is -0.395. The van der Waals surface area contributed by atoms with E-state index in [4.69, 9.17) is 4.74 Å². The molecule has 0 spiro atoms. The first-order valence-electron chi connectivity index (χ1n) is 9.17. The van der Waals surface area contributed by atoms with E-state index in [9.17, 15) is 4.79 Å². The number of amides is 1. The molecule has 2 aromatic heterocycles. The van der Waals surface area contributed by atoms with Gasteiger partial charge in [-0.25, -0.2) is 4.79 Å². The highest BCUT2D eigenvalue weighted by Gasteiger charge is 2.18. The van der Waals surface area contributed by atoms with Crippen molar-refractivity contribution in [3.05, 3.63) is 34.8 Å². The zero-order chi connectivity index (χ0) is 19.8. The van der Waals surface area contributed by atoms with Gasteiger partial charge in [0.2, 0.25) is 0 Å². The largest absolute Gasteiger partial charge is 0.444 e. The van der Waals surface area contributed by atoms with Crippen LogP contribution in [-0.4, -0.2) is 29.3 Å². The third-order valence-corrected chi connectivity index (χ3v) is 5.26.